The Balaban J connectivity index is 1.14. The molecule has 1 aromatic heterocycles. The standard InChI is InChI=1S/C28H20N2O2/c1-3-7-25-23(5-1)29-27(31-25)21-15-11-19(12-16-21)9-10-20-13-17-22(18-14-20)28-30-24-6-2-4-8-26(24)32-28/h1-18,27,29H. The van der Waals surface area contributed by atoms with E-state index in [-0.39, 0.29) is 6.23 Å². The van der Waals surface area contributed by atoms with E-state index in [9.17, 15) is 0 Å². The molecule has 1 aliphatic rings. The highest BCUT2D eigenvalue weighted by Crippen LogP contribution is 2.37. The minimum Gasteiger partial charge on any atom is -0.464 e. The van der Waals surface area contributed by atoms with E-state index in [1.165, 1.54) is 0 Å². The van der Waals surface area contributed by atoms with Crippen molar-refractivity contribution in [3.63, 3.8) is 0 Å². The molecule has 0 spiro atoms. The van der Waals surface area contributed by atoms with Crippen molar-refractivity contribution in [2.24, 2.45) is 0 Å². The number of benzene rings is 4. The number of aromatic nitrogens is 1. The fraction of sp³-hybridized carbons (Fsp3) is 0.0357. The number of para-hydroxylation sites is 4. The summed E-state index contributed by atoms with van der Waals surface area (Å²) in [5.74, 6) is 1.53. The molecule has 32 heavy (non-hydrogen) atoms. The molecule has 2 heterocycles. The molecule has 6 rings (SSSR count). The smallest absolute Gasteiger partial charge is 0.227 e. The van der Waals surface area contributed by atoms with Crippen molar-refractivity contribution < 1.29 is 9.15 Å². The van der Waals surface area contributed by atoms with Crippen LogP contribution in [0, 0.1) is 0 Å². The first kappa shape index (κ1) is 18.5. The first-order valence-corrected chi connectivity index (χ1v) is 10.6. The van der Waals surface area contributed by atoms with Crippen LogP contribution in [0.2, 0.25) is 0 Å². The van der Waals surface area contributed by atoms with Crippen LogP contribution in [-0.4, -0.2) is 4.98 Å². The summed E-state index contributed by atoms with van der Waals surface area (Å²) in [6, 6.07) is 32.4. The third kappa shape index (κ3) is 3.52. The van der Waals surface area contributed by atoms with E-state index in [1.807, 2.05) is 60.7 Å². The summed E-state index contributed by atoms with van der Waals surface area (Å²) in [6.45, 7) is 0. The fourth-order valence-electron chi connectivity index (χ4n) is 3.84. The Morgan fingerprint density at radius 1 is 0.719 bits per heavy atom. The Hall–Kier alpha value is -4.31. The van der Waals surface area contributed by atoms with Crippen LogP contribution in [0.5, 0.6) is 5.75 Å². The van der Waals surface area contributed by atoms with Crippen molar-refractivity contribution in [3.8, 4) is 17.2 Å². The minimum atomic E-state index is -0.148. The van der Waals surface area contributed by atoms with E-state index < -0.39 is 0 Å². The second kappa shape index (κ2) is 7.75. The highest BCUT2D eigenvalue weighted by molar-refractivity contribution is 5.76. The monoisotopic (exact) mass is 416 g/mol. The van der Waals surface area contributed by atoms with E-state index in [2.05, 4.69) is 58.9 Å². The number of rotatable bonds is 4. The van der Waals surface area contributed by atoms with Gasteiger partial charge in [0.05, 0.1) is 5.69 Å². The molecule has 4 aromatic carbocycles. The van der Waals surface area contributed by atoms with Crippen molar-refractivity contribution in [2.75, 3.05) is 5.32 Å². The van der Waals surface area contributed by atoms with Gasteiger partial charge in [0.15, 0.2) is 11.8 Å². The Kier molecular flexibility index (Phi) is 4.47. The van der Waals surface area contributed by atoms with Crippen LogP contribution >= 0.6 is 0 Å². The van der Waals surface area contributed by atoms with Crippen molar-refractivity contribution in [1.82, 2.24) is 4.98 Å². The van der Waals surface area contributed by atoms with E-state index in [0.717, 1.165) is 44.8 Å². The summed E-state index contributed by atoms with van der Waals surface area (Å²) in [7, 11) is 0. The van der Waals surface area contributed by atoms with Gasteiger partial charge in [0, 0.05) is 11.1 Å². The lowest BCUT2D eigenvalue weighted by molar-refractivity contribution is 0.260. The number of oxazole rings is 1. The fourth-order valence-corrected chi connectivity index (χ4v) is 3.84. The summed E-state index contributed by atoms with van der Waals surface area (Å²) < 4.78 is 11.8. The topological polar surface area (TPSA) is 47.3 Å². The maximum Gasteiger partial charge on any atom is 0.227 e. The maximum atomic E-state index is 5.99. The molecule has 0 radical (unpaired) electrons. The molecule has 4 nitrogen and oxygen atoms in total. The Bertz CT molecular complexity index is 1360. The second-order valence-electron chi connectivity index (χ2n) is 7.75. The molecule has 0 aliphatic carbocycles. The van der Waals surface area contributed by atoms with Crippen molar-refractivity contribution in [3.05, 3.63) is 114 Å². The number of anilines is 1. The van der Waals surface area contributed by atoms with Crippen LogP contribution in [0.1, 0.15) is 22.9 Å². The van der Waals surface area contributed by atoms with Crippen LogP contribution in [0.4, 0.5) is 5.69 Å². The van der Waals surface area contributed by atoms with E-state index in [0.29, 0.717) is 5.89 Å². The molecular formula is C28H20N2O2. The summed E-state index contributed by atoms with van der Waals surface area (Å²) in [5, 5.41) is 3.40. The van der Waals surface area contributed by atoms with Gasteiger partial charge in [0.25, 0.3) is 0 Å². The molecule has 1 atom stereocenters. The lowest BCUT2D eigenvalue weighted by Gasteiger charge is -2.11. The minimum absolute atomic E-state index is 0.148. The number of nitrogens with one attached hydrogen (secondary N) is 1. The Morgan fingerprint density at radius 2 is 1.41 bits per heavy atom. The number of fused-ring (bicyclic) bond motifs is 2. The molecule has 0 amide bonds. The average Bonchev–Trinajstić information content (AvgIpc) is 3.48. The molecular weight excluding hydrogens is 396 g/mol. The van der Waals surface area contributed by atoms with Gasteiger partial charge in [-0.15, -0.1) is 0 Å². The van der Waals surface area contributed by atoms with Crippen molar-refractivity contribution >= 4 is 28.9 Å². The van der Waals surface area contributed by atoms with Gasteiger partial charge in [-0.05, 0) is 47.5 Å². The predicted molar refractivity (Wildman–Crippen MR) is 128 cm³/mol. The quantitative estimate of drug-likeness (QED) is 0.316. The van der Waals surface area contributed by atoms with Crippen molar-refractivity contribution in [1.29, 1.82) is 0 Å². The van der Waals surface area contributed by atoms with E-state index >= 15 is 0 Å². The summed E-state index contributed by atoms with van der Waals surface area (Å²) in [5.41, 5.74) is 7.02. The summed E-state index contributed by atoms with van der Waals surface area (Å²) in [4.78, 5) is 4.56. The zero-order chi connectivity index (χ0) is 21.3. The van der Waals surface area contributed by atoms with Gasteiger partial charge < -0.3 is 14.5 Å². The molecule has 1 N–H and O–H groups in total. The molecule has 4 heteroatoms. The molecule has 5 aromatic rings. The molecule has 154 valence electrons. The first-order valence-electron chi connectivity index (χ1n) is 10.6. The highest BCUT2D eigenvalue weighted by atomic mass is 16.5. The predicted octanol–water partition coefficient (Wildman–Crippen LogP) is 7.17. The molecule has 0 fully saturated rings. The number of hydrogen-bond donors (Lipinski definition) is 1. The number of ether oxygens (including phenoxy) is 1. The van der Waals surface area contributed by atoms with Gasteiger partial charge in [-0.3, -0.25) is 0 Å². The lowest BCUT2D eigenvalue weighted by atomic mass is 10.1. The number of hydrogen-bond acceptors (Lipinski definition) is 4. The van der Waals surface area contributed by atoms with E-state index in [1.54, 1.807) is 0 Å². The summed E-state index contributed by atoms with van der Waals surface area (Å²) >= 11 is 0. The number of nitrogens with zero attached hydrogens (tertiary/aromatic N) is 1. The van der Waals surface area contributed by atoms with Gasteiger partial charge in [-0.25, -0.2) is 4.98 Å². The van der Waals surface area contributed by atoms with Crippen LogP contribution < -0.4 is 10.1 Å². The van der Waals surface area contributed by atoms with Gasteiger partial charge in [0.2, 0.25) is 5.89 Å². The highest BCUT2D eigenvalue weighted by Gasteiger charge is 2.22. The van der Waals surface area contributed by atoms with Gasteiger partial charge in [0.1, 0.15) is 11.3 Å². The molecule has 0 saturated carbocycles. The first-order chi connectivity index (χ1) is 15.8. The van der Waals surface area contributed by atoms with Crippen LogP contribution in [-0.2, 0) is 0 Å². The van der Waals surface area contributed by atoms with Crippen LogP contribution in [0.25, 0.3) is 34.7 Å². The van der Waals surface area contributed by atoms with Crippen molar-refractivity contribution in [2.45, 2.75) is 6.23 Å². The largest absolute Gasteiger partial charge is 0.464 e. The zero-order valence-corrected chi connectivity index (χ0v) is 17.2. The second-order valence-corrected chi connectivity index (χ2v) is 7.75. The normalized spacial score (nSPS) is 14.9. The van der Waals surface area contributed by atoms with Gasteiger partial charge in [-0.1, -0.05) is 72.8 Å². The average molecular weight is 416 g/mol. The SMILES string of the molecule is C(=Cc1ccc(C2Nc3ccccc3O2)cc1)c1ccc(-c2nc3ccccc3o2)cc1. The third-order valence-corrected chi connectivity index (χ3v) is 5.58. The summed E-state index contributed by atoms with van der Waals surface area (Å²) in [6.07, 6.45) is 4.06. The molecule has 1 unspecified atom stereocenters. The van der Waals surface area contributed by atoms with Crippen LogP contribution in [0.15, 0.2) is 101 Å². The Labute approximate surface area is 185 Å². The maximum absolute atomic E-state index is 5.99. The molecule has 0 saturated heterocycles. The molecule has 0 bridgehead atoms. The lowest BCUT2D eigenvalue weighted by Crippen LogP contribution is -2.09. The third-order valence-electron chi connectivity index (χ3n) is 5.58. The van der Waals surface area contributed by atoms with Gasteiger partial charge >= 0.3 is 0 Å². The molecule has 1 aliphatic heterocycles. The Morgan fingerprint density at radius 3 is 2.16 bits per heavy atom. The van der Waals surface area contributed by atoms with Crippen LogP contribution in [0.3, 0.4) is 0 Å². The zero-order valence-electron chi connectivity index (χ0n) is 17.2. The van der Waals surface area contributed by atoms with E-state index in [4.69, 9.17) is 9.15 Å². The van der Waals surface area contributed by atoms with Gasteiger partial charge in [-0.2, -0.15) is 0 Å².